The lowest BCUT2D eigenvalue weighted by molar-refractivity contribution is 0.00578. The Morgan fingerprint density at radius 2 is 1.49 bits per heavy atom. The van der Waals surface area contributed by atoms with Crippen LogP contribution in [0.15, 0.2) is 54.6 Å². The Kier molecular flexibility index (Phi) is 10.3. The van der Waals surface area contributed by atoms with E-state index in [4.69, 9.17) is 28.3 Å². The fraction of sp³-hybridized carbons (Fsp3) is 0.441. The summed E-state index contributed by atoms with van der Waals surface area (Å²) >= 11 is 0. The average molecular weight is 591 g/mol. The van der Waals surface area contributed by atoms with Crippen molar-refractivity contribution in [2.45, 2.75) is 78.4 Å². The van der Waals surface area contributed by atoms with Gasteiger partial charge in [-0.3, -0.25) is 0 Å². The first-order valence-electron chi connectivity index (χ1n) is 14.9. The van der Waals surface area contributed by atoms with Gasteiger partial charge < -0.3 is 33.4 Å². The van der Waals surface area contributed by atoms with E-state index in [0.717, 1.165) is 36.1 Å². The number of carbonyl (C=O) groups excluding carboxylic acids is 1. The maximum absolute atomic E-state index is 12.2. The summed E-state index contributed by atoms with van der Waals surface area (Å²) in [5.41, 5.74) is 1.86. The lowest BCUT2D eigenvalue weighted by atomic mass is 9.77. The Morgan fingerprint density at radius 1 is 0.860 bits per heavy atom. The number of aryl methyl sites for hydroxylation is 1. The highest BCUT2D eigenvalue weighted by Crippen LogP contribution is 2.38. The van der Waals surface area contributed by atoms with Crippen LogP contribution < -0.4 is 19.7 Å². The largest absolute Gasteiger partial charge is 0.508 e. The highest BCUT2D eigenvalue weighted by atomic mass is 16.7. The number of phenols is 1. The van der Waals surface area contributed by atoms with Gasteiger partial charge in [-0.05, 0) is 70.4 Å². The molecule has 3 aromatic carbocycles. The standard InChI is InChI=1S/C34H43BO8/c1-8-14-24-28(17-12-18-29(24)41-30-16-11-10-15-25(30)32(37)38-7)39-19-13-20-40-31-22-27(36)26(21-23(31)9-2)35-42-33(3,4)34(5,6)43-35/h10-12,15-18,21-22,36H,8-9,13-14,19-20H2,1-7H3. The quantitative estimate of drug-likeness (QED) is 0.135. The number of benzene rings is 3. The first kappa shape index (κ1) is 32.2. The molecule has 3 aromatic rings. The lowest BCUT2D eigenvalue weighted by Gasteiger charge is -2.32. The summed E-state index contributed by atoms with van der Waals surface area (Å²) in [4.78, 5) is 12.2. The topological polar surface area (TPSA) is 92.7 Å². The minimum absolute atomic E-state index is 0.0803. The molecule has 4 rings (SSSR count). The zero-order valence-corrected chi connectivity index (χ0v) is 26.3. The van der Waals surface area contributed by atoms with Crippen molar-refractivity contribution in [3.05, 3.63) is 71.3 Å². The average Bonchev–Trinajstić information content (AvgIpc) is 3.20. The maximum Gasteiger partial charge on any atom is 0.498 e. The number of hydrogen-bond acceptors (Lipinski definition) is 8. The molecule has 0 unspecified atom stereocenters. The highest BCUT2D eigenvalue weighted by molar-refractivity contribution is 6.63. The number of rotatable bonds is 13. The van der Waals surface area contributed by atoms with Crippen LogP contribution in [0, 0.1) is 0 Å². The molecule has 0 amide bonds. The van der Waals surface area contributed by atoms with Crippen LogP contribution in [0.3, 0.4) is 0 Å². The number of aromatic hydroxyl groups is 1. The van der Waals surface area contributed by atoms with Gasteiger partial charge in [-0.15, -0.1) is 0 Å². The van der Waals surface area contributed by atoms with Gasteiger partial charge in [0.15, 0.2) is 0 Å². The molecule has 1 fully saturated rings. The zero-order valence-electron chi connectivity index (χ0n) is 26.3. The molecule has 1 saturated heterocycles. The van der Waals surface area contributed by atoms with Crippen molar-refractivity contribution in [2.24, 2.45) is 0 Å². The Balaban J connectivity index is 1.39. The second kappa shape index (κ2) is 13.7. The molecule has 43 heavy (non-hydrogen) atoms. The summed E-state index contributed by atoms with van der Waals surface area (Å²) in [6, 6.07) is 16.2. The number of esters is 1. The number of phenolic OH excluding ortho intramolecular Hbond substituents is 1. The van der Waals surface area contributed by atoms with Crippen LogP contribution in [-0.4, -0.2) is 49.7 Å². The predicted octanol–water partition coefficient (Wildman–Crippen LogP) is 6.63. The molecule has 0 spiro atoms. The van der Waals surface area contributed by atoms with Crippen LogP contribution in [0.25, 0.3) is 0 Å². The van der Waals surface area contributed by atoms with Crippen LogP contribution in [-0.2, 0) is 26.9 Å². The number of hydrogen-bond donors (Lipinski definition) is 1. The molecule has 9 heteroatoms. The summed E-state index contributed by atoms with van der Waals surface area (Å²) in [7, 11) is 0.700. The first-order valence-corrected chi connectivity index (χ1v) is 14.9. The molecule has 0 saturated carbocycles. The first-order chi connectivity index (χ1) is 20.5. The third-order valence-corrected chi connectivity index (χ3v) is 8.00. The molecule has 1 aliphatic rings. The van der Waals surface area contributed by atoms with Gasteiger partial charge in [-0.25, -0.2) is 4.79 Å². The monoisotopic (exact) mass is 590 g/mol. The molecule has 1 N–H and O–H groups in total. The van der Waals surface area contributed by atoms with E-state index in [1.54, 1.807) is 24.3 Å². The third kappa shape index (κ3) is 7.28. The van der Waals surface area contributed by atoms with E-state index in [1.807, 2.05) is 65.0 Å². The second-order valence-electron chi connectivity index (χ2n) is 11.6. The van der Waals surface area contributed by atoms with Crippen molar-refractivity contribution in [1.82, 2.24) is 0 Å². The molecule has 0 bridgehead atoms. The molecular weight excluding hydrogens is 547 g/mol. The lowest BCUT2D eigenvalue weighted by Crippen LogP contribution is -2.41. The SMILES string of the molecule is CCCc1c(OCCCOc2cc(O)c(B3OC(C)(C)C(C)(C)O3)cc2CC)cccc1Oc1ccccc1C(=O)OC. The molecule has 0 radical (unpaired) electrons. The maximum atomic E-state index is 12.2. The van der Waals surface area contributed by atoms with E-state index in [9.17, 15) is 9.90 Å². The smallest absolute Gasteiger partial charge is 0.498 e. The predicted molar refractivity (Wildman–Crippen MR) is 167 cm³/mol. The van der Waals surface area contributed by atoms with Gasteiger partial charge in [0.2, 0.25) is 0 Å². The van der Waals surface area contributed by atoms with Crippen LogP contribution in [0.1, 0.15) is 75.9 Å². The van der Waals surface area contributed by atoms with Gasteiger partial charge in [-0.2, -0.15) is 0 Å². The third-order valence-electron chi connectivity index (χ3n) is 8.00. The van der Waals surface area contributed by atoms with Gasteiger partial charge in [0.25, 0.3) is 0 Å². The summed E-state index contributed by atoms with van der Waals surface area (Å²) in [6.07, 6.45) is 3.00. The number of ether oxygens (including phenoxy) is 4. The van der Waals surface area contributed by atoms with Gasteiger partial charge >= 0.3 is 13.1 Å². The Hall–Kier alpha value is -3.69. The van der Waals surface area contributed by atoms with E-state index in [1.165, 1.54) is 7.11 Å². The normalized spacial score (nSPS) is 15.3. The fourth-order valence-electron chi connectivity index (χ4n) is 4.85. The highest BCUT2D eigenvalue weighted by Gasteiger charge is 2.52. The summed E-state index contributed by atoms with van der Waals surface area (Å²) in [6.45, 7) is 12.9. The minimum Gasteiger partial charge on any atom is -0.508 e. The summed E-state index contributed by atoms with van der Waals surface area (Å²) < 4.78 is 35.7. The van der Waals surface area contributed by atoms with Gasteiger partial charge in [-0.1, -0.05) is 44.5 Å². The molecule has 0 aromatic heterocycles. The van der Waals surface area contributed by atoms with Crippen LogP contribution in [0.4, 0.5) is 0 Å². The van der Waals surface area contributed by atoms with Crippen molar-refractivity contribution in [1.29, 1.82) is 0 Å². The van der Waals surface area contributed by atoms with E-state index in [0.29, 0.717) is 47.9 Å². The van der Waals surface area contributed by atoms with E-state index in [-0.39, 0.29) is 5.75 Å². The molecule has 8 nitrogen and oxygen atoms in total. The van der Waals surface area contributed by atoms with E-state index >= 15 is 0 Å². The second-order valence-corrected chi connectivity index (χ2v) is 11.6. The van der Waals surface area contributed by atoms with Crippen molar-refractivity contribution in [2.75, 3.05) is 20.3 Å². The summed E-state index contributed by atoms with van der Waals surface area (Å²) in [5, 5.41) is 10.8. The minimum atomic E-state index is -0.649. The van der Waals surface area contributed by atoms with Gasteiger partial charge in [0.05, 0.1) is 31.5 Å². The zero-order chi connectivity index (χ0) is 31.2. The van der Waals surface area contributed by atoms with E-state index < -0.39 is 24.3 Å². The number of carbonyl (C=O) groups is 1. The van der Waals surface area contributed by atoms with Crippen molar-refractivity contribution >= 4 is 18.6 Å². The Morgan fingerprint density at radius 3 is 2.14 bits per heavy atom. The fourth-order valence-corrected chi connectivity index (χ4v) is 4.85. The molecule has 1 aliphatic heterocycles. The molecule has 1 heterocycles. The Labute approximate surface area is 255 Å². The van der Waals surface area contributed by atoms with E-state index in [2.05, 4.69) is 6.92 Å². The Bertz CT molecular complexity index is 1400. The van der Waals surface area contributed by atoms with Gasteiger partial charge in [0.1, 0.15) is 34.3 Å². The molecule has 0 aliphatic carbocycles. The van der Waals surface area contributed by atoms with Gasteiger partial charge in [0, 0.05) is 23.5 Å². The van der Waals surface area contributed by atoms with Crippen LogP contribution >= 0.6 is 0 Å². The number of methoxy groups -OCH3 is 1. The molecular formula is C34H43BO8. The van der Waals surface area contributed by atoms with Crippen molar-refractivity contribution in [3.63, 3.8) is 0 Å². The number of para-hydroxylation sites is 1. The van der Waals surface area contributed by atoms with Crippen LogP contribution in [0.5, 0.6) is 28.7 Å². The summed E-state index contributed by atoms with van der Waals surface area (Å²) in [5.74, 6) is 2.05. The van der Waals surface area contributed by atoms with Crippen LogP contribution in [0.2, 0.25) is 0 Å². The molecule has 230 valence electrons. The van der Waals surface area contributed by atoms with Crippen molar-refractivity contribution < 1.29 is 38.2 Å². The van der Waals surface area contributed by atoms with Crippen molar-refractivity contribution in [3.8, 4) is 28.7 Å². The molecule has 0 atom stereocenters.